The maximum absolute atomic E-state index is 12.7. The fourth-order valence-electron chi connectivity index (χ4n) is 11.2. The zero-order valence-electron chi connectivity index (χ0n) is 23.1. The molecule has 4 fully saturated rings. The molecule has 0 aliphatic heterocycles. The highest BCUT2D eigenvalue weighted by Gasteiger charge is 2.72. The standard InChI is InChI=1S/C36H46O/c1-24(2)27-21-29-15-16-30-23-33(36(37)19-7-11-28(36)14-13-26-9-5-4-6-10-26)31-12-8-18-34(29)32(22-27)25(3)17-20-35(30,31)34/h4-6,8-10,12,17,20,27-31,33,37H,1,7,11,13-16,18-19,21-23H2,2-3H3/t27-,28-,29+,30-,31-,33-,34+,35-,36+/m1/s1. The molecular weight excluding hydrogens is 448 g/mol. The fourth-order valence-corrected chi connectivity index (χ4v) is 11.2. The first-order chi connectivity index (χ1) is 17.9. The highest BCUT2D eigenvalue weighted by Crippen LogP contribution is 2.78. The van der Waals surface area contributed by atoms with Gasteiger partial charge in [0.05, 0.1) is 5.60 Å². The smallest absolute Gasteiger partial charge is 0.0710 e. The van der Waals surface area contributed by atoms with Crippen molar-refractivity contribution >= 4 is 0 Å². The predicted octanol–water partition coefficient (Wildman–Crippen LogP) is 8.62. The summed E-state index contributed by atoms with van der Waals surface area (Å²) in [5.74, 6) is 3.42. The summed E-state index contributed by atoms with van der Waals surface area (Å²) in [5, 5.41) is 12.7. The number of benzene rings is 1. The molecule has 6 aliphatic carbocycles. The third-order valence-electron chi connectivity index (χ3n) is 12.8. The van der Waals surface area contributed by atoms with Crippen molar-refractivity contribution in [2.24, 2.45) is 46.3 Å². The van der Waals surface area contributed by atoms with Crippen molar-refractivity contribution < 1.29 is 5.11 Å². The van der Waals surface area contributed by atoms with Gasteiger partial charge in [0.1, 0.15) is 0 Å². The number of aryl methyl sites for hydroxylation is 1. The number of rotatable bonds is 5. The van der Waals surface area contributed by atoms with Gasteiger partial charge in [-0.25, -0.2) is 0 Å². The molecule has 196 valence electrons. The van der Waals surface area contributed by atoms with Crippen molar-refractivity contribution in [3.63, 3.8) is 0 Å². The summed E-state index contributed by atoms with van der Waals surface area (Å²) >= 11 is 0. The summed E-state index contributed by atoms with van der Waals surface area (Å²) < 4.78 is 0. The molecule has 1 aromatic carbocycles. The molecule has 0 bridgehead atoms. The van der Waals surface area contributed by atoms with Crippen molar-refractivity contribution in [2.75, 3.05) is 0 Å². The Morgan fingerprint density at radius 3 is 2.70 bits per heavy atom. The highest BCUT2D eigenvalue weighted by atomic mass is 16.3. The van der Waals surface area contributed by atoms with Crippen LogP contribution in [-0.4, -0.2) is 10.7 Å². The number of hydrogen-bond donors (Lipinski definition) is 1. The van der Waals surface area contributed by atoms with E-state index in [0.717, 1.165) is 25.2 Å². The van der Waals surface area contributed by atoms with Gasteiger partial charge in [-0.3, -0.25) is 0 Å². The van der Waals surface area contributed by atoms with E-state index in [1.165, 1.54) is 62.5 Å². The summed E-state index contributed by atoms with van der Waals surface area (Å²) in [7, 11) is 0. The zero-order chi connectivity index (χ0) is 25.4. The molecule has 9 atom stereocenters. The van der Waals surface area contributed by atoms with Crippen LogP contribution in [-0.2, 0) is 6.42 Å². The van der Waals surface area contributed by atoms with E-state index >= 15 is 0 Å². The van der Waals surface area contributed by atoms with E-state index in [4.69, 9.17) is 0 Å². The van der Waals surface area contributed by atoms with E-state index in [-0.39, 0.29) is 10.8 Å². The molecule has 0 aromatic heterocycles. The molecule has 0 unspecified atom stereocenters. The summed E-state index contributed by atoms with van der Waals surface area (Å²) in [6.07, 6.45) is 23.7. The normalized spacial score (nSPS) is 45.6. The number of allylic oxidation sites excluding steroid dienone is 7. The third-order valence-corrected chi connectivity index (χ3v) is 12.8. The lowest BCUT2D eigenvalue weighted by molar-refractivity contribution is -0.101. The maximum Gasteiger partial charge on any atom is 0.0710 e. The van der Waals surface area contributed by atoms with Gasteiger partial charge in [0.2, 0.25) is 0 Å². The quantitative estimate of drug-likeness (QED) is 0.406. The molecule has 1 N–H and O–H groups in total. The van der Waals surface area contributed by atoms with Gasteiger partial charge in [0.15, 0.2) is 0 Å². The molecular formula is C36H46O. The molecule has 1 aromatic rings. The van der Waals surface area contributed by atoms with Gasteiger partial charge in [0.25, 0.3) is 0 Å². The first kappa shape index (κ1) is 24.2. The Balaban J connectivity index is 1.26. The summed E-state index contributed by atoms with van der Waals surface area (Å²) in [6, 6.07) is 10.9. The van der Waals surface area contributed by atoms with Gasteiger partial charge in [-0.2, -0.15) is 0 Å². The zero-order valence-corrected chi connectivity index (χ0v) is 23.1. The minimum absolute atomic E-state index is 0.215. The Kier molecular flexibility index (Phi) is 5.61. The van der Waals surface area contributed by atoms with E-state index < -0.39 is 5.60 Å². The molecule has 7 rings (SSSR count). The molecule has 0 heterocycles. The van der Waals surface area contributed by atoms with Crippen molar-refractivity contribution in [1.29, 1.82) is 0 Å². The van der Waals surface area contributed by atoms with E-state index in [9.17, 15) is 5.11 Å². The second kappa shape index (κ2) is 8.57. The molecule has 37 heavy (non-hydrogen) atoms. The van der Waals surface area contributed by atoms with Crippen molar-refractivity contribution in [3.05, 3.63) is 83.5 Å². The molecule has 6 aliphatic rings. The molecule has 1 heteroatoms. The Labute approximate surface area is 224 Å². The number of aliphatic hydroxyl groups is 1. The van der Waals surface area contributed by atoms with E-state index in [1.54, 1.807) is 11.1 Å². The summed E-state index contributed by atoms with van der Waals surface area (Å²) in [5.41, 5.74) is 6.11. The maximum atomic E-state index is 12.7. The van der Waals surface area contributed by atoms with Gasteiger partial charge in [-0.05, 0) is 119 Å². The predicted molar refractivity (Wildman–Crippen MR) is 153 cm³/mol. The molecule has 1 nitrogen and oxygen atoms in total. The molecule has 0 saturated heterocycles. The van der Waals surface area contributed by atoms with Crippen LogP contribution in [0.5, 0.6) is 0 Å². The Bertz CT molecular complexity index is 1170. The first-order valence-electron chi connectivity index (χ1n) is 15.4. The largest absolute Gasteiger partial charge is 0.389 e. The molecule has 0 radical (unpaired) electrons. The van der Waals surface area contributed by atoms with Crippen LogP contribution in [0.4, 0.5) is 0 Å². The van der Waals surface area contributed by atoms with Crippen LogP contribution in [0.15, 0.2) is 77.9 Å². The van der Waals surface area contributed by atoms with Crippen LogP contribution in [0.3, 0.4) is 0 Å². The van der Waals surface area contributed by atoms with Crippen LogP contribution in [0.25, 0.3) is 0 Å². The molecule has 2 spiro atoms. The summed E-state index contributed by atoms with van der Waals surface area (Å²) in [4.78, 5) is 0. The van der Waals surface area contributed by atoms with Crippen LogP contribution in [0.2, 0.25) is 0 Å². The number of hydrogen-bond acceptors (Lipinski definition) is 1. The van der Waals surface area contributed by atoms with Crippen LogP contribution >= 0.6 is 0 Å². The van der Waals surface area contributed by atoms with E-state index in [0.29, 0.717) is 29.6 Å². The van der Waals surface area contributed by atoms with Gasteiger partial charge < -0.3 is 5.11 Å². The van der Waals surface area contributed by atoms with E-state index in [2.05, 4.69) is 75.1 Å². The second-order valence-electron chi connectivity index (χ2n) is 14.0. The van der Waals surface area contributed by atoms with Crippen molar-refractivity contribution in [2.45, 2.75) is 90.1 Å². The highest BCUT2D eigenvalue weighted by molar-refractivity contribution is 5.48. The average molecular weight is 495 g/mol. The minimum atomic E-state index is -0.511. The topological polar surface area (TPSA) is 20.2 Å². The van der Waals surface area contributed by atoms with Crippen molar-refractivity contribution in [3.8, 4) is 0 Å². The fraction of sp³-hybridized carbons (Fsp3) is 0.611. The van der Waals surface area contributed by atoms with Crippen molar-refractivity contribution in [1.82, 2.24) is 0 Å². The molecule has 0 amide bonds. The van der Waals surface area contributed by atoms with E-state index in [1.807, 2.05) is 0 Å². The minimum Gasteiger partial charge on any atom is -0.389 e. The van der Waals surface area contributed by atoms with Crippen LogP contribution in [0.1, 0.15) is 83.6 Å². The van der Waals surface area contributed by atoms with Crippen LogP contribution < -0.4 is 0 Å². The molecule has 4 saturated carbocycles. The van der Waals surface area contributed by atoms with Crippen LogP contribution in [0, 0.1) is 46.3 Å². The monoisotopic (exact) mass is 494 g/mol. The lowest BCUT2D eigenvalue weighted by atomic mass is 9.37. The average Bonchev–Trinajstić information content (AvgIpc) is 3.45. The Morgan fingerprint density at radius 2 is 1.89 bits per heavy atom. The van der Waals surface area contributed by atoms with Gasteiger partial charge in [0, 0.05) is 10.8 Å². The van der Waals surface area contributed by atoms with Gasteiger partial charge >= 0.3 is 0 Å². The van der Waals surface area contributed by atoms with Gasteiger partial charge in [-0.1, -0.05) is 84.4 Å². The Hall–Kier alpha value is -1.86. The lowest BCUT2D eigenvalue weighted by Crippen LogP contribution is -2.60. The Morgan fingerprint density at radius 1 is 1.08 bits per heavy atom. The van der Waals surface area contributed by atoms with Gasteiger partial charge in [-0.15, -0.1) is 0 Å². The SMILES string of the molecule is C=C(C)[C@H]1CC2=C(C)C=C[C@]34[C@@H]5CC[C@@H](C1)[C@@]23CC=C[C@@H]4[C@H]([C@]1(O)CCC[C@@H]1CCc1ccccc1)C5. The lowest BCUT2D eigenvalue weighted by Gasteiger charge is -2.67. The first-order valence-corrected chi connectivity index (χ1v) is 15.4. The summed E-state index contributed by atoms with van der Waals surface area (Å²) in [6.45, 7) is 9.07. The third kappa shape index (κ3) is 3.19. The second-order valence-corrected chi connectivity index (χ2v) is 14.0.